The standard InChI is InChI=1S/C13H23N3/c1-3-8-14-12-6-5-7-13-11(12)10-15-16(13)9-4-2/h10,12,14H,3-9H2,1-2H3. The molecule has 0 saturated heterocycles. The van der Waals surface area contributed by atoms with Gasteiger partial charge in [-0.1, -0.05) is 13.8 Å². The molecule has 3 nitrogen and oxygen atoms in total. The summed E-state index contributed by atoms with van der Waals surface area (Å²) in [5.74, 6) is 0. The lowest BCUT2D eigenvalue weighted by Crippen LogP contribution is -2.26. The number of nitrogens with zero attached hydrogens (tertiary/aromatic N) is 2. The maximum absolute atomic E-state index is 4.52. The second kappa shape index (κ2) is 5.48. The van der Waals surface area contributed by atoms with Crippen LogP contribution in [0.2, 0.25) is 0 Å². The molecule has 1 unspecified atom stereocenters. The zero-order valence-electron chi connectivity index (χ0n) is 10.5. The van der Waals surface area contributed by atoms with Crippen molar-refractivity contribution in [2.45, 2.75) is 58.5 Å². The summed E-state index contributed by atoms with van der Waals surface area (Å²) in [5, 5.41) is 8.15. The van der Waals surface area contributed by atoms with Crippen LogP contribution < -0.4 is 5.32 Å². The van der Waals surface area contributed by atoms with E-state index in [0.717, 1.165) is 13.1 Å². The smallest absolute Gasteiger partial charge is 0.0540 e. The number of hydrogen-bond donors (Lipinski definition) is 1. The fourth-order valence-electron chi connectivity index (χ4n) is 2.55. The summed E-state index contributed by atoms with van der Waals surface area (Å²) in [4.78, 5) is 0. The first-order chi connectivity index (χ1) is 7.86. The summed E-state index contributed by atoms with van der Waals surface area (Å²) in [5.41, 5.74) is 2.93. The third kappa shape index (κ3) is 2.29. The van der Waals surface area contributed by atoms with Crippen LogP contribution in [0.15, 0.2) is 6.20 Å². The van der Waals surface area contributed by atoms with Crippen LogP contribution >= 0.6 is 0 Å². The van der Waals surface area contributed by atoms with Crippen LogP contribution in [0.5, 0.6) is 0 Å². The molecule has 0 bridgehead atoms. The molecule has 0 amide bonds. The highest BCUT2D eigenvalue weighted by molar-refractivity contribution is 5.24. The van der Waals surface area contributed by atoms with Gasteiger partial charge in [-0.15, -0.1) is 0 Å². The Labute approximate surface area is 98.2 Å². The molecule has 1 atom stereocenters. The molecule has 1 heterocycles. The van der Waals surface area contributed by atoms with Crippen LogP contribution in [-0.4, -0.2) is 16.3 Å². The van der Waals surface area contributed by atoms with Crippen molar-refractivity contribution < 1.29 is 0 Å². The molecule has 0 aliphatic heterocycles. The van der Waals surface area contributed by atoms with Crippen molar-refractivity contribution in [2.24, 2.45) is 0 Å². The Morgan fingerprint density at radius 1 is 1.44 bits per heavy atom. The average molecular weight is 221 g/mol. The van der Waals surface area contributed by atoms with E-state index in [0.29, 0.717) is 6.04 Å². The van der Waals surface area contributed by atoms with Gasteiger partial charge in [0.2, 0.25) is 0 Å². The minimum absolute atomic E-state index is 0.550. The van der Waals surface area contributed by atoms with Gasteiger partial charge in [-0.2, -0.15) is 5.10 Å². The molecule has 1 aromatic heterocycles. The first-order valence-electron chi connectivity index (χ1n) is 6.64. The number of fused-ring (bicyclic) bond motifs is 1. The number of aromatic nitrogens is 2. The van der Waals surface area contributed by atoms with Gasteiger partial charge in [0.25, 0.3) is 0 Å². The highest BCUT2D eigenvalue weighted by Crippen LogP contribution is 2.29. The van der Waals surface area contributed by atoms with Gasteiger partial charge < -0.3 is 5.32 Å². The molecule has 0 fully saturated rings. The average Bonchev–Trinajstić information content (AvgIpc) is 2.71. The Kier molecular flexibility index (Phi) is 3.99. The zero-order valence-corrected chi connectivity index (χ0v) is 10.5. The normalized spacial score (nSPS) is 19.8. The van der Waals surface area contributed by atoms with Crippen molar-refractivity contribution >= 4 is 0 Å². The Morgan fingerprint density at radius 2 is 2.31 bits per heavy atom. The summed E-state index contributed by atoms with van der Waals surface area (Å²) in [6.45, 7) is 6.61. The van der Waals surface area contributed by atoms with Crippen molar-refractivity contribution in [3.63, 3.8) is 0 Å². The van der Waals surface area contributed by atoms with Crippen LogP contribution in [-0.2, 0) is 13.0 Å². The molecule has 1 aliphatic rings. The number of rotatable bonds is 5. The molecular formula is C13H23N3. The lowest BCUT2D eigenvalue weighted by molar-refractivity contribution is 0.446. The van der Waals surface area contributed by atoms with Crippen LogP contribution in [0.1, 0.15) is 56.8 Å². The molecule has 1 aromatic rings. The van der Waals surface area contributed by atoms with E-state index in [2.05, 4.69) is 35.1 Å². The Bertz CT molecular complexity index is 330. The lowest BCUT2D eigenvalue weighted by Gasteiger charge is -2.24. The molecule has 2 rings (SSSR count). The van der Waals surface area contributed by atoms with Crippen LogP contribution in [0.25, 0.3) is 0 Å². The molecule has 90 valence electrons. The minimum atomic E-state index is 0.550. The van der Waals surface area contributed by atoms with Gasteiger partial charge in [0, 0.05) is 23.8 Å². The van der Waals surface area contributed by atoms with E-state index in [1.165, 1.54) is 43.4 Å². The van der Waals surface area contributed by atoms with Gasteiger partial charge in [-0.3, -0.25) is 4.68 Å². The molecule has 0 saturated carbocycles. The lowest BCUT2D eigenvalue weighted by atomic mass is 9.93. The third-order valence-electron chi connectivity index (χ3n) is 3.34. The summed E-state index contributed by atoms with van der Waals surface area (Å²) in [6.07, 6.45) is 8.22. The highest BCUT2D eigenvalue weighted by atomic mass is 15.3. The van der Waals surface area contributed by atoms with E-state index >= 15 is 0 Å². The van der Waals surface area contributed by atoms with Crippen LogP contribution in [0, 0.1) is 0 Å². The SMILES string of the molecule is CCCNC1CCCc2c1cnn2CCC. The number of hydrogen-bond acceptors (Lipinski definition) is 2. The Balaban J connectivity index is 2.13. The van der Waals surface area contributed by atoms with Gasteiger partial charge in [0.05, 0.1) is 6.20 Å². The van der Waals surface area contributed by atoms with Gasteiger partial charge in [-0.25, -0.2) is 0 Å². The predicted octanol–water partition coefficient (Wildman–Crippen LogP) is 2.67. The van der Waals surface area contributed by atoms with Crippen molar-refractivity contribution in [3.05, 3.63) is 17.5 Å². The third-order valence-corrected chi connectivity index (χ3v) is 3.34. The van der Waals surface area contributed by atoms with Crippen molar-refractivity contribution in [1.29, 1.82) is 0 Å². The van der Waals surface area contributed by atoms with Crippen molar-refractivity contribution in [2.75, 3.05) is 6.54 Å². The maximum Gasteiger partial charge on any atom is 0.0540 e. The molecule has 0 aromatic carbocycles. The molecule has 1 aliphatic carbocycles. The Hall–Kier alpha value is -0.830. The largest absolute Gasteiger partial charge is 0.310 e. The van der Waals surface area contributed by atoms with E-state index in [-0.39, 0.29) is 0 Å². The second-order valence-electron chi connectivity index (χ2n) is 4.67. The fraction of sp³-hybridized carbons (Fsp3) is 0.769. The number of nitrogens with one attached hydrogen (secondary N) is 1. The van der Waals surface area contributed by atoms with Gasteiger partial charge in [-0.05, 0) is 38.6 Å². The predicted molar refractivity (Wildman–Crippen MR) is 66.5 cm³/mol. The zero-order chi connectivity index (χ0) is 11.4. The Morgan fingerprint density at radius 3 is 3.06 bits per heavy atom. The molecule has 0 radical (unpaired) electrons. The quantitative estimate of drug-likeness (QED) is 0.828. The maximum atomic E-state index is 4.52. The first-order valence-corrected chi connectivity index (χ1v) is 6.64. The molecule has 3 heteroatoms. The van der Waals surface area contributed by atoms with Crippen LogP contribution in [0.4, 0.5) is 0 Å². The summed E-state index contributed by atoms with van der Waals surface area (Å²) in [7, 11) is 0. The molecule has 0 spiro atoms. The van der Waals surface area contributed by atoms with E-state index < -0.39 is 0 Å². The van der Waals surface area contributed by atoms with E-state index in [4.69, 9.17) is 0 Å². The highest BCUT2D eigenvalue weighted by Gasteiger charge is 2.23. The number of aryl methyl sites for hydroxylation is 1. The summed E-state index contributed by atoms with van der Waals surface area (Å²) >= 11 is 0. The van der Waals surface area contributed by atoms with E-state index in [9.17, 15) is 0 Å². The van der Waals surface area contributed by atoms with Crippen molar-refractivity contribution in [1.82, 2.24) is 15.1 Å². The van der Waals surface area contributed by atoms with Gasteiger partial charge >= 0.3 is 0 Å². The molecule has 1 N–H and O–H groups in total. The minimum Gasteiger partial charge on any atom is -0.310 e. The van der Waals surface area contributed by atoms with E-state index in [1.807, 2.05) is 0 Å². The van der Waals surface area contributed by atoms with Crippen molar-refractivity contribution in [3.8, 4) is 0 Å². The molecular weight excluding hydrogens is 198 g/mol. The van der Waals surface area contributed by atoms with E-state index in [1.54, 1.807) is 0 Å². The van der Waals surface area contributed by atoms with Gasteiger partial charge in [0.15, 0.2) is 0 Å². The second-order valence-corrected chi connectivity index (χ2v) is 4.67. The summed E-state index contributed by atoms with van der Waals surface area (Å²) < 4.78 is 2.20. The fourth-order valence-corrected chi connectivity index (χ4v) is 2.55. The first kappa shape index (κ1) is 11.6. The monoisotopic (exact) mass is 221 g/mol. The summed E-state index contributed by atoms with van der Waals surface area (Å²) in [6, 6.07) is 0.550. The van der Waals surface area contributed by atoms with Crippen LogP contribution in [0.3, 0.4) is 0 Å². The molecule has 16 heavy (non-hydrogen) atoms. The topological polar surface area (TPSA) is 29.9 Å². The van der Waals surface area contributed by atoms with Gasteiger partial charge in [0.1, 0.15) is 0 Å².